The molecule has 6 nitrogen and oxygen atoms in total. The number of anilines is 1. The summed E-state index contributed by atoms with van der Waals surface area (Å²) in [4.78, 5) is 20.9. The fraction of sp³-hybridized carbons (Fsp3) is 0.0909. The summed E-state index contributed by atoms with van der Waals surface area (Å²) in [6.45, 7) is 1.86. The van der Waals surface area contributed by atoms with Crippen LogP contribution in [0.1, 0.15) is 12.5 Å². The Bertz CT molecular complexity index is 576. The van der Waals surface area contributed by atoms with Crippen LogP contribution in [0.4, 0.5) is 5.82 Å². The molecule has 0 unspecified atom stereocenters. The summed E-state index contributed by atoms with van der Waals surface area (Å²) < 4.78 is 0. The highest BCUT2D eigenvalue weighted by Crippen LogP contribution is 2.01. The quantitative estimate of drug-likeness (QED) is 0.607. The Labute approximate surface area is 97.5 Å². The highest BCUT2D eigenvalue weighted by Gasteiger charge is 1.96. The van der Waals surface area contributed by atoms with Gasteiger partial charge in [0, 0.05) is 24.2 Å². The lowest BCUT2D eigenvalue weighted by molar-refractivity contribution is 1.06. The van der Waals surface area contributed by atoms with Crippen molar-refractivity contribution in [2.75, 3.05) is 5.43 Å². The van der Waals surface area contributed by atoms with Gasteiger partial charge in [0.05, 0.1) is 5.71 Å². The Kier molecular flexibility index (Phi) is 3.25. The van der Waals surface area contributed by atoms with Crippen molar-refractivity contribution in [1.29, 1.82) is 0 Å². The first kappa shape index (κ1) is 11.0. The van der Waals surface area contributed by atoms with Crippen LogP contribution in [0.2, 0.25) is 0 Å². The molecule has 2 N–H and O–H groups in total. The van der Waals surface area contributed by atoms with E-state index in [0.29, 0.717) is 5.82 Å². The molecule has 0 aliphatic rings. The third kappa shape index (κ3) is 2.97. The van der Waals surface area contributed by atoms with Crippen molar-refractivity contribution < 1.29 is 0 Å². The summed E-state index contributed by atoms with van der Waals surface area (Å²) >= 11 is 0. The van der Waals surface area contributed by atoms with Gasteiger partial charge in [0.25, 0.3) is 0 Å². The van der Waals surface area contributed by atoms with E-state index in [1.54, 1.807) is 18.5 Å². The van der Waals surface area contributed by atoms with Crippen LogP contribution in [-0.4, -0.2) is 20.7 Å². The Balaban J connectivity index is 2.14. The first-order chi connectivity index (χ1) is 8.25. The molecule has 0 atom stereocenters. The molecule has 17 heavy (non-hydrogen) atoms. The molecule has 0 aliphatic heterocycles. The van der Waals surface area contributed by atoms with Crippen LogP contribution in [0, 0.1) is 0 Å². The second-order valence-corrected chi connectivity index (χ2v) is 3.33. The lowest BCUT2D eigenvalue weighted by Crippen LogP contribution is -2.11. The van der Waals surface area contributed by atoms with Crippen LogP contribution in [0.15, 0.2) is 46.7 Å². The highest BCUT2D eigenvalue weighted by molar-refractivity contribution is 5.98. The minimum atomic E-state index is -0.410. The van der Waals surface area contributed by atoms with Crippen LogP contribution in [0.5, 0.6) is 0 Å². The van der Waals surface area contributed by atoms with E-state index in [4.69, 9.17) is 0 Å². The van der Waals surface area contributed by atoms with Gasteiger partial charge in [-0.15, -0.1) is 0 Å². The average molecular weight is 229 g/mol. The van der Waals surface area contributed by atoms with Crippen LogP contribution < -0.4 is 11.1 Å². The maximum absolute atomic E-state index is 10.9. The molecule has 0 bridgehead atoms. The molecule has 2 aromatic heterocycles. The molecular weight excluding hydrogens is 218 g/mol. The number of aromatic nitrogens is 3. The first-order valence-corrected chi connectivity index (χ1v) is 5.02. The number of H-pyrrole nitrogens is 1. The Morgan fingerprint density at radius 2 is 2.06 bits per heavy atom. The molecule has 86 valence electrons. The predicted molar refractivity (Wildman–Crippen MR) is 64.9 cm³/mol. The molecule has 0 spiro atoms. The van der Waals surface area contributed by atoms with E-state index in [1.165, 1.54) is 6.20 Å². The van der Waals surface area contributed by atoms with Gasteiger partial charge in [-0.3, -0.25) is 15.4 Å². The number of pyridine rings is 1. The van der Waals surface area contributed by atoms with Crippen molar-refractivity contribution in [3.63, 3.8) is 0 Å². The number of aromatic amines is 1. The summed E-state index contributed by atoms with van der Waals surface area (Å²) in [5.41, 5.74) is 4.10. The molecule has 2 aromatic rings. The Hall–Kier alpha value is -2.50. The van der Waals surface area contributed by atoms with Crippen molar-refractivity contribution >= 4 is 11.5 Å². The summed E-state index contributed by atoms with van der Waals surface area (Å²) in [5.74, 6) is 0.499. The Morgan fingerprint density at radius 1 is 1.29 bits per heavy atom. The number of hydrogen-bond acceptors (Lipinski definition) is 5. The summed E-state index contributed by atoms with van der Waals surface area (Å²) in [5, 5.41) is 4.15. The van der Waals surface area contributed by atoms with Gasteiger partial charge in [-0.05, 0) is 25.1 Å². The van der Waals surface area contributed by atoms with Gasteiger partial charge in [0.2, 0.25) is 0 Å². The van der Waals surface area contributed by atoms with E-state index in [9.17, 15) is 4.79 Å². The topological polar surface area (TPSA) is 83.0 Å². The second-order valence-electron chi connectivity index (χ2n) is 3.33. The number of hydrazone groups is 1. The summed E-state index contributed by atoms with van der Waals surface area (Å²) in [6.07, 6.45) is 4.81. The van der Waals surface area contributed by atoms with Crippen LogP contribution >= 0.6 is 0 Å². The van der Waals surface area contributed by atoms with E-state index >= 15 is 0 Å². The molecular formula is C11H11N5O. The zero-order chi connectivity index (χ0) is 12.1. The zero-order valence-electron chi connectivity index (χ0n) is 9.21. The maximum atomic E-state index is 10.9. The molecule has 2 rings (SSSR count). The van der Waals surface area contributed by atoms with Gasteiger partial charge in [0.1, 0.15) is 5.82 Å². The number of hydrogen-bond donors (Lipinski definition) is 2. The molecule has 0 saturated carbocycles. The normalized spacial score (nSPS) is 11.2. The molecule has 0 aromatic carbocycles. The number of rotatable bonds is 3. The number of nitrogens with zero attached hydrogens (tertiary/aromatic N) is 3. The standard InChI is InChI=1S/C11H11N5O/c1-8(9-2-5-12-6-3-9)15-16-10-4-7-13-11(17)14-10/h2-7H,1H3,(H2,13,14,16,17). The first-order valence-electron chi connectivity index (χ1n) is 5.02. The van der Waals surface area contributed by atoms with Gasteiger partial charge in [0.15, 0.2) is 0 Å². The second kappa shape index (κ2) is 5.02. The van der Waals surface area contributed by atoms with E-state index in [-0.39, 0.29) is 0 Å². The molecule has 2 heterocycles. The highest BCUT2D eigenvalue weighted by atomic mass is 16.1. The largest absolute Gasteiger partial charge is 0.346 e. The molecule has 0 saturated heterocycles. The van der Waals surface area contributed by atoms with Gasteiger partial charge in [-0.2, -0.15) is 5.10 Å². The minimum Gasteiger partial charge on any atom is -0.291 e. The summed E-state index contributed by atoms with van der Waals surface area (Å²) in [7, 11) is 0. The zero-order valence-corrected chi connectivity index (χ0v) is 9.21. The maximum Gasteiger partial charge on any atom is 0.346 e. The minimum absolute atomic E-state index is 0.410. The lowest BCUT2D eigenvalue weighted by Gasteiger charge is -2.02. The van der Waals surface area contributed by atoms with Crippen molar-refractivity contribution in [2.45, 2.75) is 6.92 Å². The molecule has 0 aliphatic carbocycles. The lowest BCUT2D eigenvalue weighted by atomic mass is 10.2. The van der Waals surface area contributed by atoms with Crippen LogP contribution in [-0.2, 0) is 0 Å². The van der Waals surface area contributed by atoms with Gasteiger partial charge in [-0.1, -0.05) is 0 Å². The average Bonchev–Trinajstić information content (AvgIpc) is 2.37. The van der Waals surface area contributed by atoms with Crippen molar-refractivity contribution in [2.24, 2.45) is 5.10 Å². The molecule has 0 amide bonds. The number of nitrogens with one attached hydrogen (secondary N) is 2. The predicted octanol–water partition coefficient (Wildman–Crippen LogP) is 1.00. The van der Waals surface area contributed by atoms with Gasteiger partial charge in [-0.25, -0.2) is 9.78 Å². The van der Waals surface area contributed by atoms with E-state index < -0.39 is 5.69 Å². The molecule has 0 radical (unpaired) electrons. The third-order valence-electron chi connectivity index (χ3n) is 2.12. The fourth-order valence-corrected chi connectivity index (χ4v) is 1.24. The van der Waals surface area contributed by atoms with Crippen LogP contribution in [0.3, 0.4) is 0 Å². The van der Waals surface area contributed by atoms with E-state index in [0.717, 1.165) is 11.3 Å². The monoisotopic (exact) mass is 229 g/mol. The van der Waals surface area contributed by atoms with Crippen molar-refractivity contribution in [3.8, 4) is 0 Å². The van der Waals surface area contributed by atoms with E-state index in [2.05, 4.69) is 25.5 Å². The smallest absolute Gasteiger partial charge is 0.291 e. The van der Waals surface area contributed by atoms with Gasteiger partial charge < -0.3 is 0 Å². The van der Waals surface area contributed by atoms with E-state index in [1.807, 2.05) is 19.1 Å². The molecule has 6 heteroatoms. The fourth-order valence-electron chi connectivity index (χ4n) is 1.24. The van der Waals surface area contributed by atoms with Crippen molar-refractivity contribution in [1.82, 2.24) is 15.0 Å². The molecule has 0 fully saturated rings. The SMILES string of the molecule is CC(=NNc1ccnc(=O)[nH]1)c1ccncc1. The summed E-state index contributed by atoms with van der Waals surface area (Å²) in [6, 6.07) is 5.34. The third-order valence-corrected chi connectivity index (χ3v) is 2.12. The van der Waals surface area contributed by atoms with Gasteiger partial charge >= 0.3 is 5.69 Å². The van der Waals surface area contributed by atoms with Crippen molar-refractivity contribution in [3.05, 3.63) is 52.8 Å². The van der Waals surface area contributed by atoms with Crippen LogP contribution in [0.25, 0.3) is 0 Å². The Morgan fingerprint density at radius 3 is 2.76 bits per heavy atom.